The topological polar surface area (TPSA) is 148 Å². The minimum Gasteiger partial charge on any atom is -0.392 e. The molecule has 11 nitrogen and oxygen atoms in total. The van der Waals surface area contributed by atoms with Gasteiger partial charge in [0.05, 0.1) is 18.8 Å². The highest BCUT2D eigenvalue weighted by molar-refractivity contribution is 7.99. The standard InChI is InChI=1S/C27H33N5O6S/c1-32-17-29-30-27(32)39-16-22-13-23(20-9-7-19(15-33)8-10-20)38-26(37-22)21-11-5-18(6-12-21)14-28-24(34)3-2-4-25(35)31-36/h5-12,17,22-23,26,33,36H,2-4,13-16H2,1H3,(H,28,34)(H,31,35)/t22-,23+,26+/m0/s1. The second kappa shape index (κ2) is 14.2. The SMILES string of the molecule is Cn1cnnc1SC[C@@H]1C[C@H](c2ccc(CO)cc2)O[C@H](c2ccc(CNC(=O)CCCC(=O)NO)cc2)O1. The third-order valence-corrected chi connectivity index (χ3v) is 7.52. The van der Waals surface area contributed by atoms with Crippen LogP contribution < -0.4 is 10.8 Å². The third-order valence-electron chi connectivity index (χ3n) is 6.36. The quantitative estimate of drug-likeness (QED) is 0.150. The van der Waals surface area contributed by atoms with Gasteiger partial charge in [0.15, 0.2) is 11.4 Å². The molecule has 1 aromatic heterocycles. The maximum Gasteiger partial charge on any atom is 0.243 e. The van der Waals surface area contributed by atoms with E-state index in [0.717, 1.165) is 27.4 Å². The molecule has 12 heteroatoms. The number of aromatic nitrogens is 3. The molecular formula is C27H33N5O6S. The van der Waals surface area contributed by atoms with Gasteiger partial charge in [0.1, 0.15) is 6.33 Å². The Hall–Kier alpha value is -3.29. The van der Waals surface area contributed by atoms with Crippen LogP contribution in [0.5, 0.6) is 0 Å². The fourth-order valence-corrected chi connectivity index (χ4v) is 5.05. The average molecular weight is 556 g/mol. The van der Waals surface area contributed by atoms with Crippen molar-refractivity contribution in [1.82, 2.24) is 25.6 Å². The van der Waals surface area contributed by atoms with E-state index >= 15 is 0 Å². The Morgan fingerprint density at radius 2 is 1.72 bits per heavy atom. The van der Waals surface area contributed by atoms with Gasteiger partial charge >= 0.3 is 0 Å². The first kappa shape index (κ1) is 28.7. The first-order valence-electron chi connectivity index (χ1n) is 12.7. The Morgan fingerprint density at radius 1 is 1.03 bits per heavy atom. The number of benzene rings is 2. The Morgan fingerprint density at radius 3 is 2.38 bits per heavy atom. The van der Waals surface area contributed by atoms with Crippen LogP contribution in [0.15, 0.2) is 60.0 Å². The average Bonchev–Trinajstić information content (AvgIpc) is 3.39. The Labute approximate surface area is 230 Å². The summed E-state index contributed by atoms with van der Waals surface area (Å²) >= 11 is 1.58. The molecule has 1 aliphatic heterocycles. The van der Waals surface area contributed by atoms with E-state index in [9.17, 15) is 14.7 Å². The number of rotatable bonds is 12. The number of ether oxygens (including phenoxy) is 2. The first-order valence-corrected chi connectivity index (χ1v) is 13.7. The Bertz CT molecular complexity index is 1220. The normalized spacial score (nSPS) is 19.0. The van der Waals surface area contributed by atoms with Gasteiger partial charge in [0, 0.05) is 44.2 Å². The van der Waals surface area contributed by atoms with Crippen LogP contribution in [-0.2, 0) is 39.3 Å². The van der Waals surface area contributed by atoms with Crippen LogP contribution in [-0.4, -0.2) is 48.7 Å². The van der Waals surface area contributed by atoms with Crippen molar-refractivity contribution < 1.29 is 29.4 Å². The molecule has 1 saturated heterocycles. The smallest absolute Gasteiger partial charge is 0.243 e. The fraction of sp³-hybridized carbons (Fsp3) is 0.407. The summed E-state index contributed by atoms with van der Waals surface area (Å²) in [7, 11) is 1.90. The fourth-order valence-electron chi connectivity index (χ4n) is 4.14. The number of nitrogens with one attached hydrogen (secondary N) is 2. The van der Waals surface area contributed by atoms with Crippen molar-refractivity contribution in [1.29, 1.82) is 0 Å². The summed E-state index contributed by atoms with van der Waals surface area (Å²) in [6.07, 6.45) is 2.12. The molecule has 0 saturated carbocycles. The predicted molar refractivity (Wildman–Crippen MR) is 142 cm³/mol. The number of aliphatic hydroxyl groups excluding tert-OH is 1. The monoisotopic (exact) mass is 555 g/mol. The van der Waals surface area contributed by atoms with E-state index in [0.29, 0.717) is 25.1 Å². The zero-order valence-electron chi connectivity index (χ0n) is 21.7. The van der Waals surface area contributed by atoms with Crippen LogP contribution >= 0.6 is 11.8 Å². The van der Waals surface area contributed by atoms with Crippen LogP contribution in [0.3, 0.4) is 0 Å². The van der Waals surface area contributed by atoms with Gasteiger partial charge in [-0.25, -0.2) is 5.48 Å². The number of aliphatic hydroxyl groups is 1. The van der Waals surface area contributed by atoms with E-state index in [-0.39, 0.29) is 37.6 Å². The largest absolute Gasteiger partial charge is 0.392 e. The number of nitrogens with zero attached hydrogens (tertiary/aromatic N) is 3. The van der Waals surface area contributed by atoms with Crippen LogP contribution in [0.4, 0.5) is 0 Å². The van der Waals surface area contributed by atoms with E-state index in [4.69, 9.17) is 14.7 Å². The molecule has 3 atom stereocenters. The van der Waals surface area contributed by atoms with Crippen LogP contribution in [0.2, 0.25) is 0 Å². The number of aryl methyl sites for hydroxylation is 1. The molecule has 0 radical (unpaired) electrons. The molecule has 1 fully saturated rings. The second-order valence-corrected chi connectivity index (χ2v) is 10.3. The summed E-state index contributed by atoms with van der Waals surface area (Å²) in [4.78, 5) is 23.1. The highest BCUT2D eigenvalue weighted by atomic mass is 32.2. The molecule has 4 rings (SSSR count). The molecule has 2 amide bonds. The maximum absolute atomic E-state index is 12.0. The molecule has 0 bridgehead atoms. The molecule has 2 aromatic carbocycles. The highest BCUT2D eigenvalue weighted by Gasteiger charge is 2.32. The summed E-state index contributed by atoms with van der Waals surface area (Å²) in [5.41, 5.74) is 5.20. The first-order chi connectivity index (χ1) is 18.9. The zero-order chi connectivity index (χ0) is 27.6. The molecule has 0 unspecified atom stereocenters. The molecular weight excluding hydrogens is 522 g/mol. The van der Waals surface area contributed by atoms with Crippen LogP contribution in [0.25, 0.3) is 0 Å². The summed E-state index contributed by atoms with van der Waals surface area (Å²) in [5.74, 6) is 0.00771. The van der Waals surface area contributed by atoms with Gasteiger partial charge in [-0.3, -0.25) is 14.8 Å². The van der Waals surface area contributed by atoms with Crippen molar-refractivity contribution in [3.63, 3.8) is 0 Å². The number of hydroxylamine groups is 1. The number of hydrogen-bond donors (Lipinski definition) is 4. The van der Waals surface area contributed by atoms with Crippen LogP contribution in [0, 0.1) is 0 Å². The molecule has 208 valence electrons. The number of carbonyl (C=O) groups is 2. The van der Waals surface area contributed by atoms with Gasteiger partial charge in [-0.05, 0) is 23.1 Å². The van der Waals surface area contributed by atoms with Crippen LogP contribution in [0.1, 0.15) is 60.3 Å². The van der Waals surface area contributed by atoms with E-state index in [2.05, 4.69) is 15.5 Å². The third kappa shape index (κ3) is 8.35. The molecule has 0 spiro atoms. The Kier molecular flexibility index (Phi) is 10.5. The number of carbonyl (C=O) groups excluding carboxylic acids is 2. The number of thioether (sulfide) groups is 1. The van der Waals surface area contributed by atoms with Crippen molar-refractivity contribution >= 4 is 23.6 Å². The molecule has 4 N–H and O–H groups in total. The minimum absolute atomic E-state index is 0.0117. The maximum atomic E-state index is 12.0. The molecule has 1 aliphatic rings. The molecule has 0 aliphatic carbocycles. The highest BCUT2D eigenvalue weighted by Crippen LogP contribution is 2.39. The van der Waals surface area contributed by atoms with Gasteiger partial charge in [0.2, 0.25) is 11.8 Å². The van der Waals surface area contributed by atoms with E-state index in [1.807, 2.05) is 60.1 Å². The minimum atomic E-state index is -0.576. The lowest BCUT2D eigenvalue weighted by molar-refractivity contribution is -0.245. The molecule has 39 heavy (non-hydrogen) atoms. The van der Waals surface area contributed by atoms with Crippen molar-refractivity contribution in [3.8, 4) is 0 Å². The van der Waals surface area contributed by atoms with E-state index in [1.54, 1.807) is 23.6 Å². The zero-order valence-corrected chi connectivity index (χ0v) is 22.5. The van der Waals surface area contributed by atoms with Gasteiger partial charge in [-0.15, -0.1) is 10.2 Å². The summed E-state index contributed by atoms with van der Waals surface area (Å²) in [5, 5.41) is 29.7. The van der Waals surface area contributed by atoms with E-state index in [1.165, 1.54) is 0 Å². The van der Waals surface area contributed by atoms with Crippen molar-refractivity contribution in [2.45, 2.75) is 62.5 Å². The lowest BCUT2D eigenvalue weighted by atomic mass is 10.0. The summed E-state index contributed by atoms with van der Waals surface area (Å²) < 4.78 is 14.6. The van der Waals surface area contributed by atoms with Crippen molar-refractivity contribution in [3.05, 3.63) is 77.1 Å². The number of amides is 2. The second-order valence-electron chi connectivity index (χ2n) is 9.29. The Balaban J connectivity index is 1.38. The van der Waals surface area contributed by atoms with Gasteiger partial charge in [0.25, 0.3) is 0 Å². The number of hydrogen-bond acceptors (Lipinski definition) is 9. The molecule has 3 aromatic rings. The lowest BCUT2D eigenvalue weighted by Gasteiger charge is -2.36. The van der Waals surface area contributed by atoms with Gasteiger partial charge < -0.3 is 24.5 Å². The summed E-state index contributed by atoms with van der Waals surface area (Å²) in [6, 6.07) is 15.5. The molecule has 2 heterocycles. The van der Waals surface area contributed by atoms with Crippen molar-refractivity contribution in [2.24, 2.45) is 7.05 Å². The predicted octanol–water partition coefficient (Wildman–Crippen LogP) is 2.94. The van der Waals surface area contributed by atoms with E-state index < -0.39 is 12.2 Å². The van der Waals surface area contributed by atoms with Crippen molar-refractivity contribution in [2.75, 3.05) is 5.75 Å². The summed E-state index contributed by atoms with van der Waals surface area (Å²) in [6.45, 7) is 0.344. The lowest BCUT2D eigenvalue weighted by Crippen LogP contribution is -2.31. The van der Waals surface area contributed by atoms with Gasteiger partial charge in [-0.1, -0.05) is 60.3 Å². The van der Waals surface area contributed by atoms with Gasteiger partial charge in [-0.2, -0.15) is 0 Å².